The first kappa shape index (κ1) is 12.6. The van der Waals surface area contributed by atoms with Gasteiger partial charge in [0.2, 0.25) is 0 Å². The van der Waals surface area contributed by atoms with Gasteiger partial charge < -0.3 is 9.80 Å². The molecule has 1 aromatic heterocycles. The van der Waals surface area contributed by atoms with Crippen LogP contribution in [0.5, 0.6) is 0 Å². The maximum Gasteiger partial charge on any atom is 0.185 e. The molecule has 0 aliphatic carbocycles. The molecule has 0 atom stereocenters. The van der Waals surface area contributed by atoms with E-state index in [0.717, 1.165) is 32.6 Å². The van der Waals surface area contributed by atoms with E-state index < -0.39 is 0 Å². The zero-order chi connectivity index (χ0) is 13.1. The molecular formula is C15H19N3S. The lowest BCUT2D eigenvalue weighted by atomic mass is 10.1. The Labute approximate surface area is 118 Å². The summed E-state index contributed by atoms with van der Waals surface area (Å²) in [5, 5.41) is 1.18. The smallest absolute Gasteiger partial charge is 0.185 e. The van der Waals surface area contributed by atoms with Crippen molar-refractivity contribution >= 4 is 16.5 Å². The van der Waals surface area contributed by atoms with Gasteiger partial charge >= 0.3 is 0 Å². The van der Waals surface area contributed by atoms with Crippen molar-refractivity contribution < 1.29 is 0 Å². The van der Waals surface area contributed by atoms with Crippen LogP contribution in [-0.2, 0) is 6.42 Å². The van der Waals surface area contributed by atoms with Crippen LogP contribution in [0.4, 0.5) is 5.13 Å². The van der Waals surface area contributed by atoms with Crippen LogP contribution in [0.1, 0.15) is 10.4 Å². The van der Waals surface area contributed by atoms with E-state index >= 15 is 0 Å². The number of nitrogens with zero attached hydrogens (tertiary/aromatic N) is 3. The van der Waals surface area contributed by atoms with Gasteiger partial charge in [-0.2, -0.15) is 0 Å². The summed E-state index contributed by atoms with van der Waals surface area (Å²) in [4.78, 5) is 10.7. The van der Waals surface area contributed by atoms with Gasteiger partial charge in [0, 0.05) is 43.7 Å². The Bertz CT molecular complexity index is 515. The molecule has 1 aliphatic heterocycles. The molecule has 3 rings (SSSR count). The average molecular weight is 273 g/mol. The Kier molecular flexibility index (Phi) is 3.80. The molecule has 1 aliphatic rings. The fourth-order valence-electron chi connectivity index (χ4n) is 2.32. The average Bonchev–Trinajstić information content (AvgIpc) is 2.89. The second-order valence-corrected chi connectivity index (χ2v) is 6.16. The standard InChI is InChI=1S/C15H19N3S/c1-17-7-9-18(10-8-17)15-16-12-14(19-15)11-13-5-3-2-4-6-13/h2-6,12H,7-11H2,1H3. The van der Waals surface area contributed by atoms with Crippen LogP contribution >= 0.6 is 11.3 Å². The molecule has 1 fully saturated rings. The van der Waals surface area contributed by atoms with Gasteiger partial charge in [0.05, 0.1) is 0 Å². The molecule has 1 aromatic carbocycles. The van der Waals surface area contributed by atoms with Gasteiger partial charge in [-0.05, 0) is 12.6 Å². The van der Waals surface area contributed by atoms with Crippen LogP contribution in [0.25, 0.3) is 0 Å². The monoisotopic (exact) mass is 273 g/mol. The van der Waals surface area contributed by atoms with Crippen molar-refractivity contribution in [3.05, 3.63) is 47.0 Å². The van der Waals surface area contributed by atoms with Gasteiger partial charge in [0.1, 0.15) is 0 Å². The van der Waals surface area contributed by atoms with Crippen molar-refractivity contribution in [2.75, 3.05) is 38.1 Å². The Morgan fingerprint density at radius 3 is 2.58 bits per heavy atom. The summed E-state index contributed by atoms with van der Waals surface area (Å²) >= 11 is 1.83. The summed E-state index contributed by atoms with van der Waals surface area (Å²) in [6, 6.07) is 10.6. The minimum atomic E-state index is 0.992. The molecule has 2 heterocycles. The van der Waals surface area contributed by atoms with E-state index in [1.54, 1.807) is 0 Å². The van der Waals surface area contributed by atoms with E-state index in [0.29, 0.717) is 0 Å². The van der Waals surface area contributed by atoms with Crippen molar-refractivity contribution in [3.8, 4) is 0 Å². The molecule has 0 bridgehead atoms. The van der Waals surface area contributed by atoms with Crippen molar-refractivity contribution in [2.45, 2.75) is 6.42 Å². The third kappa shape index (κ3) is 3.14. The summed E-state index contributed by atoms with van der Waals surface area (Å²) < 4.78 is 0. The van der Waals surface area contributed by atoms with Crippen molar-refractivity contribution in [1.29, 1.82) is 0 Å². The summed E-state index contributed by atoms with van der Waals surface area (Å²) in [6.45, 7) is 4.45. The molecule has 0 unspecified atom stereocenters. The number of hydrogen-bond donors (Lipinski definition) is 0. The fourth-order valence-corrected chi connectivity index (χ4v) is 3.32. The van der Waals surface area contributed by atoms with E-state index in [9.17, 15) is 0 Å². The molecule has 2 aromatic rings. The van der Waals surface area contributed by atoms with Crippen molar-refractivity contribution in [2.24, 2.45) is 0 Å². The lowest BCUT2D eigenvalue weighted by Crippen LogP contribution is -2.44. The van der Waals surface area contributed by atoms with Crippen molar-refractivity contribution in [1.82, 2.24) is 9.88 Å². The molecule has 19 heavy (non-hydrogen) atoms. The molecular weight excluding hydrogens is 254 g/mol. The molecule has 1 saturated heterocycles. The number of aromatic nitrogens is 1. The Morgan fingerprint density at radius 2 is 1.84 bits per heavy atom. The molecule has 4 heteroatoms. The molecule has 100 valence electrons. The third-order valence-corrected chi connectivity index (χ3v) is 4.59. The van der Waals surface area contributed by atoms with Gasteiger partial charge in [-0.15, -0.1) is 11.3 Å². The van der Waals surface area contributed by atoms with Crippen LogP contribution in [0.15, 0.2) is 36.5 Å². The topological polar surface area (TPSA) is 19.4 Å². The maximum atomic E-state index is 4.59. The Morgan fingerprint density at radius 1 is 1.11 bits per heavy atom. The highest BCUT2D eigenvalue weighted by Gasteiger charge is 2.16. The van der Waals surface area contributed by atoms with E-state index in [2.05, 4.69) is 52.2 Å². The van der Waals surface area contributed by atoms with Gasteiger partial charge in [0.25, 0.3) is 0 Å². The third-order valence-electron chi connectivity index (χ3n) is 3.54. The zero-order valence-corrected chi connectivity index (χ0v) is 12.1. The second-order valence-electron chi connectivity index (χ2n) is 5.06. The number of piperazine rings is 1. The second kappa shape index (κ2) is 5.72. The number of benzene rings is 1. The van der Waals surface area contributed by atoms with Crippen LogP contribution in [0.3, 0.4) is 0 Å². The van der Waals surface area contributed by atoms with E-state index in [4.69, 9.17) is 0 Å². The van der Waals surface area contributed by atoms with E-state index in [-0.39, 0.29) is 0 Å². The molecule has 0 spiro atoms. The van der Waals surface area contributed by atoms with E-state index in [1.807, 2.05) is 17.5 Å². The van der Waals surface area contributed by atoms with Gasteiger partial charge in [-0.3, -0.25) is 0 Å². The fraction of sp³-hybridized carbons (Fsp3) is 0.400. The maximum absolute atomic E-state index is 4.59. The molecule has 0 radical (unpaired) electrons. The SMILES string of the molecule is CN1CCN(c2ncc(Cc3ccccc3)s2)CC1. The van der Waals surface area contributed by atoms with Gasteiger partial charge in [-0.1, -0.05) is 30.3 Å². The highest BCUT2D eigenvalue weighted by molar-refractivity contribution is 7.15. The first-order valence-electron chi connectivity index (χ1n) is 6.73. The Balaban J connectivity index is 1.66. The molecule has 0 amide bonds. The minimum absolute atomic E-state index is 0.992. The van der Waals surface area contributed by atoms with Crippen LogP contribution in [0, 0.1) is 0 Å². The first-order valence-corrected chi connectivity index (χ1v) is 7.55. The van der Waals surface area contributed by atoms with Crippen LogP contribution < -0.4 is 4.90 Å². The van der Waals surface area contributed by atoms with Gasteiger partial charge in [0.15, 0.2) is 5.13 Å². The van der Waals surface area contributed by atoms with Gasteiger partial charge in [-0.25, -0.2) is 4.98 Å². The summed E-state index contributed by atoms with van der Waals surface area (Å²) in [6.07, 6.45) is 3.03. The predicted molar refractivity (Wildman–Crippen MR) is 81.1 cm³/mol. The number of rotatable bonds is 3. The number of anilines is 1. The largest absolute Gasteiger partial charge is 0.346 e. The molecule has 0 saturated carbocycles. The lowest BCUT2D eigenvalue weighted by molar-refractivity contribution is 0.313. The highest BCUT2D eigenvalue weighted by atomic mass is 32.1. The molecule has 3 nitrogen and oxygen atoms in total. The summed E-state index contributed by atoms with van der Waals surface area (Å²) in [5.74, 6) is 0. The van der Waals surface area contributed by atoms with E-state index in [1.165, 1.54) is 15.6 Å². The quantitative estimate of drug-likeness (QED) is 0.856. The summed E-state index contributed by atoms with van der Waals surface area (Å²) in [5.41, 5.74) is 1.36. The zero-order valence-electron chi connectivity index (χ0n) is 11.2. The Hall–Kier alpha value is -1.39. The normalized spacial score (nSPS) is 16.8. The number of likely N-dealkylation sites (N-methyl/N-ethyl adjacent to an activating group) is 1. The number of hydrogen-bond acceptors (Lipinski definition) is 4. The predicted octanol–water partition coefficient (Wildman–Crippen LogP) is 2.49. The van der Waals surface area contributed by atoms with Crippen LogP contribution in [-0.4, -0.2) is 43.1 Å². The van der Waals surface area contributed by atoms with Crippen molar-refractivity contribution in [3.63, 3.8) is 0 Å². The number of thiazole rings is 1. The minimum Gasteiger partial charge on any atom is -0.346 e. The van der Waals surface area contributed by atoms with Crippen LogP contribution in [0.2, 0.25) is 0 Å². The highest BCUT2D eigenvalue weighted by Crippen LogP contribution is 2.25. The molecule has 0 N–H and O–H groups in total. The summed E-state index contributed by atoms with van der Waals surface area (Å²) in [7, 11) is 2.18. The first-order chi connectivity index (χ1) is 9.31. The lowest BCUT2D eigenvalue weighted by Gasteiger charge is -2.32.